The maximum Gasteiger partial charge on any atom is 0.224 e. The van der Waals surface area contributed by atoms with Gasteiger partial charge in [0.25, 0.3) is 0 Å². The molecule has 0 unspecified atom stereocenters. The van der Waals surface area contributed by atoms with Crippen LogP contribution >= 0.6 is 0 Å². The fraction of sp³-hybridized carbons (Fsp3) is 0.316. The first-order valence-corrected chi connectivity index (χ1v) is 8.76. The van der Waals surface area contributed by atoms with Gasteiger partial charge in [-0.1, -0.05) is 18.2 Å². The van der Waals surface area contributed by atoms with Crippen LogP contribution in [-0.4, -0.2) is 47.2 Å². The van der Waals surface area contributed by atoms with Crippen LogP contribution in [0.4, 0.5) is 5.82 Å². The zero-order valence-corrected chi connectivity index (χ0v) is 14.4. The van der Waals surface area contributed by atoms with Crippen LogP contribution in [0.15, 0.2) is 42.7 Å². The number of hydrogen-bond donors (Lipinski definition) is 2. The van der Waals surface area contributed by atoms with Crippen LogP contribution in [0.5, 0.6) is 0 Å². The van der Waals surface area contributed by atoms with Crippen molar-refractivity contribution in [3.63, 3.8) is 0 Å². The van der Waals surface area contributed by atoms with E-state index in [1.807, 2.05) is 36.5 Å². The van der Waals surface area contributed by atoms with Crippen molar-refractivity contribution in [3.05, 3.63) is 54.1 Å². The first-order chi connectivity index (χ1) is 12.8. The number of nitrogens with one attached hydrogen (secondary N) is 2. The summed E-state index contributed by atoms with van der Waals surface area (Å²) >= 11 is 0. The summed E-state index contributed by atoms with van der Waals surface area (Å²) in [6.07, 6.45) is 3.95. The van der Waals surface area contributed by atoms with Crippen molar-refractivity contribution in [2.24, 2.45) is 0 Å². The van der Waals surface area contributed by atoms with Crippen molar-refractivity contribution < 1.29 is 9.53 Å². The second-order valence-corrected chi connectivity index (χ2v) is 6.24. The number of amides is 1. The third-order valence-corrected chi connectivity index (χ3v) is 4.50. The molecule has 4 rings (SSSR count). The van der Waals surface area contributed by atoms with E-state index in [-0.39, 0.29) is 5.91 Å². The van der Waals surface area contributed by atoms with Crippen molar-refractivity contribution in [3.8, 4) is 0 Å². The highest BCUT2D eigenvalue weighted by molar-refractivity contribution is 5.88. The number of carbonyl (C=O) groups is 1. The number of hydrogen-bond acceptors (Lipinski definition) is 5. The molecule has 0 saturated carbocycles. The zero-order chi connectivity index (χ0) is 17.8. The van der Waals surface area contributed by atoms with Gasteiger partial charge < -0.3 is 19.9 Å². The van der Waals surface area contributed by atoms with Crippen LogP contribution in [0, 0.1) is 0 Å². The van der Waals surface area contributed by atoms with Crippen molar-refractivity contribution in [2.45, 2.75) is 13.0 Å². The van der Waals surface area contributed by atoms with E-state index in [2.05, 4.69) is 25.2 Å². The van der Waals surface area contributed by atoms with E-state index in [0.29, 0.717) is 32.0 Å². The molecule has 0 bridgehead atoms. The lowest BCUT2D eigenvalue weighted by Gasteiger charge is -2.27. The van der Waals surface area contributed by atoms with E-state index < -0.39 is 0 Å². The van der Waals surface area contributed by atoms with Gasteiger partial charge in [0, 0.05) is 36.4 Å². The van der Waals surface area contributed by atoms with Crippen LogP contribution in [0.1, 0.15) is 11.4 Å². The maximum absolute atomic E-state index is 12.3. The van der Waals surface area contributed by atoms with E-state index in [4.69, 9.17) is 4.74 Å². The van der Waals surface area contributed by atoms with Gasteiger partial charge in [0.2, 0.25) is 5.91 Å². The Bertz CT molecular complexity index is 902. The Balaban J connectivity index is 1.37. The smallest absolute Gasteiger partial charge is 0.224 e. The normalized spacial score (nSPS) is 14.5. The highest BCUT2D eigenvalue weighted by atomic mass is 16.5. The minimum Gasteiger partial charge on any atom is -0.378 e. The van der Waals surface area contributed by atoms with E-state index >= 15 is 0 Å². The van der Waals surface area contributed by atoms with E-state index in [1.165, 1.54) is 0 Å². The number of rotatable bonds is 5. The Morgan fingerprint density at radius 1 is 1.23 bits per heavy atom. The Kier molecular flexibility index (Phi) is 4.79. The first-order valence-electron chi connectivity index (χ1n) is 8.76. The molecule has 1 aliphatic heterocycles. The predicted octanol–water partition coefficient (Wildman–Crippen LogP) is 1.65. The maximum atomic E-state index is 12.3. The average molecular weight is 351 g/mol. The number of nitrogens with zero attached hydrogens (tertiary/aromatic N) is 3. The fourth-order valence-corrected chi connectivity index (χ4v) is 3.13. The summed E-state index contributed by atoms with van der Waals surface area (Å²) in [5.41, 5.74) is 2.03. The zero-order valence-electron chi connectivity index (χ0n) is 14.4. The van der Waals surface area contributed by atoms with Gasteiger partial charge in [-0.25, -0.2) is 9.97 Å². The van der Waals surface area contributed by atoms with Gasteiger partial charge in [-0.15, -0.1) is 0 Å². The molecule has 1 amide bonds. The highest BCUT2D eigenvalue weighted by Crippen LogP contribution is 2.18. The minimum absolute atomic E-state index is 0.0462. The van der Waals surface area contributed by atoms with Crippen LogP contribution in [0.3, 0.4) is 0 Å². The van der Waals surface area contributed by atoms with Gasteiger partial charge in [-0.2, -0.15) is 0 Å². The monoisotopic (exact) mass is 351 g/mol. The molecule has 7 nitrogen and oxygen atoms in total. The summed E-state index contributed by atoms with van der Waals surface area (Å²) in [6.45, 7) is 3.38. The summed E-state index contributed by atoms with van der Waals surface area (Å²) < 4.78 is 5.37. The molecule has 0 aliphatic carbocycles. The van der Waals surface area contributed by atoms with Crippen LogP contribution in [0.25, 0.3) is 10.9 Å². The number of para-hydroxylation sites is 1. The van der Waals surface area contributed by atoms with Gasteiger partial charge in [0.1, 0.15) is 11.6 Å². The third kappa shape index (κ3) is 3.67. The number of carbonyl (C=O) groups excluding carboxylic acids is 1. The lowest BCUT2D eigenvalue weighted by Crippen LogP contribution is -2.37. The van der Waals surface area contributed by atoms with Gasteiger partial charge >= 0.3 is 0 Å². The van der Waals surface area contributed by atoms with Gasteiger partial charge in [0.05, 0.1) is 26.2 Å². The summed E-state index contributed by atoms with van der Waals surface area (Å²) in [7, 11) is 0. The molecule has 2 aromatic heterocycles. The van der Waals surface area contributed by atoms with E-state index in [1.54, 1.807) is 6.20 Å². The first kappa shape index (κ1) is 16.5. The Labute approximate surface area is 151 Å². The van der Waals surface area contributed by atoms with Crippen molar-refractivity contribution >= 4 is 22.6 Å². The molecule has 1 aromatic carbocycles. The molecule has 2 N–H and O–H groups in total. The molecule has 1 aliphatic rings. The number of aromatic nitrogens is 3. The summed E-state index contributed by atoms with van der Waals surface area (Å²) in [5, 5.41) is 3.99. The van der Waals surface area contributed by atoms with E-state index in [0.717, 1.165) is 35.4 Å². The standard InChI is InChI=1S/C19H21N5O2/c25-19(11-14-12-21-16-4-2-1-3-15(14)16)22-13-17-20-6-5-18(23-17)24-7-9-26-10-8-24/h1-6,12,21H,7-11,13H2,(H,22,25). The molecule has 0 radical (unpaired) electrons. The Morgan fingerprint density at radius 3 is 2.96 bits per heavy atom. The number of H-pyrrole nitrogens is 1. The largest absolute Gasteiger partial charge is 0.378 e. The predicted molar refractivity (Wildman–Crippen MR) is 98.9 cm³/mol. The van der Waals surface area contributed by atoms with Crippen LogP contribution < -0.4 is 10.2 Å². The second kappa shape index (κ2) is 7.53. The van der Waals surface area contributed by atoms with Gasteiger partial charge in [0.15, 0.2) is 0 Å². The summed E-state index contributed by atoms with van der Waals surface area (Å²) in [5.74, 6) is 1.44. The molecule has 26 heavy (non-hydrogen) atoms. The molecule has 3 aromatic rings. The topological polar surface area (TPSA) is 83.1 Å². The molecular formula is C19H21N5O2. The number of anilines is 1. The molecule has 3 heterocycles. The molecule has 1 saturated heterocycles. The second-order valence-electron chi connectivity index (χ2n) is 6.24. The number of fused-ring (bicyclic) bond motifs is 1. The van der Waals surface area contributed by atoms with Gasteiger partial charge in [-0.3, -0.25) is 4.79 Å². The summed E-state index contributed by atoms with van der Waals surface area (Å²) in [6, 6.07) is 9.86. The molecular weight excluding hydrogens is 330 g/mol. The van der Waals surface area contributed by atoms with E-state index in [9.17, 15) is 4.79 Å². The van der Waals surface area contributed by atoms with Crippen molar-refractivity contribution in [1.29, 1.82) is 0 Å². The van der Waals surface area contributed by atoms with Crippen molar-refractivity contribution in [1.82, 2.24) is 20.3 Å². The summed E-state index contributed by atoms with van der Waals surface area (Å²) in [4.78, 5) is 26.5. The quantitative estimate of drug-likeness (QED) is 0.730. The minimum atomic E-state index is -0.0462. The van der Waals surface area contributed by atoms with Gasteiger partial charge in [-0.05, 0) is 17.7 Å². The number of aromatic amines is 1. The number of morpholine rings is 1. The van der Waals surface area contributed by atoms with Crippen LogP contribution in [-0.2, 0) is 22.5 Å². The SMILES string of the molecule is O=C(Cc1c[nH]c2ccccc12)NCc1nccc(N2CCOCC2)n1. The molecule has 0 spiro atoms. The van der Waals surface area contributed by atoms with Crippen molar-refractivity contribution in [2.75, 3.05) is 31.2 Å². The Hall–Kier alpha value is -2.93. The molecule has 7 heteroatoms. The lowest BCUT2D eigenvalue weighted by atomic mass is 10.1. The lowest BCUT2D eigenvalue weighted by molar-refractivity contribution is -0.120. The number of benzene rings is 1. The Morgan fingerprint density at radius 2 is 2.08 bits per heavy atom. The number of ether oxygens (including phenoxy) is 1. The highest BCUT2D eigenvalue weighted by Gasteiger charge is 2.13. The fourth-order valence-electron chi connectivity index (χ4n) is 3.13. The molecule has 1 fully saturated rings. The average Bonchev–Trinajstić information content (AvgIpc) is 3.10. The molecule has 134 valence electrons. The third-order valence-electron chi connectivity index (χ3n) is 4.50. The van der Waals surface area contributed by atoms with Crippen LogP contribution in [0.2, 0.25) is 0 Å². The molecule has 0 atom stereocenters.